The average molecular weight is 267 g/mol. The van der Waals surface area contributed by atoms with Crippen LogP contribution in [0.15, 0.2) is 47.4 Å². The van der Waals surface area contributed by atoms with E-state index in [1.54, 1.807) is 18.2 Å². The van der Waals surface area contributed by atoms with Crippen LogP contribution in [0, 0.1) is 11.8 Å². The van der Waals surface area contributed by atoms with Crippen molar-refractivity contribution in [3.05, 3.63) is 64.1 Å². The fourth-order valence-corrected chi connectivity index (χ4v) is 1.63. The number of nitrogens with two attached hydrogens (primary N) is 1. The molecular weight excluding hydrogens is 254 g/mol. The summed E-state index contributed by atoms with van der Waals surface area (Å²) in [7, 11) is 0. The SMILES string of the molecule is NCC#Cc1ccccc1NC(=O)c1cc[nH]c(=O)c1. The second-order valence-corrected chi connectivity index (χ2v) is 3.95. The number of hydrogen-bond donors (Lipinski definition) is 3. The van der Waals surface area contributed by atoms with E-state index in [0.717, 1.165) is 0 Å². The largest absolute Gasteiger partial charge is 0.329 e. The number of benzene rings is 1. The number of amides is 1. The van der Waals surface area contributed by atoms with Gasteiger partial charge in [0.25, 0.3) is 5.91 Å². The van der Waals surface area contributed by atoms with Crippen LogP contribution in [0.2, 0.25) is 0 Å². The predicted octanol–water partition coefficient (Wildman–Crippen LogP) is 0.937. The smallest absolute Gasteiger partial charge is 0.255 e. The Kier molecular flexibility index (Phi) is 4.32. The minimum atomic E-state index is -0.363. The number of H-pyrrole nitrogens is 1. The number of hydrogen-bond acceptors (Lipinski definition) is 3. The van der Waals surface area contributed by atoms with Gasteiger partial charge in [0, 0.05) is 23.4 Å². The molecule has 1 aromatic heterocycles. The number of para-hydroxylation sites is 1. The molecule has 5 heteroatoms. The van der Waals surface area contributed by atoms with Crippen molar-refractivity contribution in [3.8, 4) is 11.8 Å². The summed E-state index contributed by atoms with van der Waals surface area (Å²) in [6.45, 7) is 0.246. The van der Waals surface area contributed by atoms with E-state index in [2.05, 4.69) is 22.1 Å². The van der Waals surface area contributed by atoms with Crippen molar-refractivity contribution in [3.63, 3.8) is 0 Å². The third-order valence-corrected chi connectivity index (χ3v) is 2.54. The number of carbonyl (C=O) groups excluding carboxylic acids is 1. The minimum Gasteiger partial charge on any atom is -0.329 e. The van der Waals surface area contributed by atoms with Crippen molar-refractivity contribution in [1.29, 1.82) is 0 Å². The normalized spacial score (nSPS) is 9.45. The van der Waals surface area contributed by atoms with E-state index in [9.17, 15) is 9.59 Å². The average Bonchev–Trinajstić information content (AvgIpc) is 2.46. The molecule has 2 aromatic rings. The van der Waals surface area contributed by atoms with E-state index < -0.39 is 0 Å². The van der Waals surface area contributed by atoms with Gasteiger partial charge in [0.05, 0.1) is 12.2 Å². The molecule has 5 nitrogen and oxygen atoms in total. The first-order chi connectivity index (χ1) is 9.70. The third kappa shape index (κ3) is 3.34. The van der Waals surface area contributed by atoms with Crippen molar-refractivity contribution in [1.82, 2.24) is 4.98 Å². The Morgan fingerprint density at radius 2 is 2.10 bits per heavy atom. The summed E-state index contributed by atoms with van der Waals surface area (Å²) in [5.74, 6) is 5.26. The number of aromatic nitrogens is 1. The third-order valence-electron chi connectivity index (χ3n) is 2.54. The zero-order valence-corrected chi connectivity index (χ0v) is 10.6. The molecule has 0 unspecified atom stereocenters. The maximum atomic E-state index is 12.1. The molecule has 2 rings (SSSR count). The first-order valence-corrected chi connectivity index (χ1v) is 5.99. The van der Waals surface area contributed by atoms with Crippen molar-refractivity contribution >= 4 is 11.6 Å². The van der Waals surface area contributed by atoms with E-state index >= 15 is 0 Å². The minimum absolute atomic E-state index is 0.246. The van der Waals surface area contributed by atoms with Crippen molar-refractivity contribution in [2.24, 2.45) is 5.73 Å². The Labute approximate surface area is 115 Å². The van der Waals surface area contributed by atoms with Crippen LogP contribution >= 0.6 is 0 Å². The number of carbonyl (C=O) groups is 1. The highest BCUT2D eigenvalue weighted by Gasteiger charge is 2.08. The van der Waals surface area contributed by atoms with Crippen LogP contribution < -0.4 is 16.6 Å². The van der Waals surface area contributed by atoms with E-state index in [0.29, 0.717) is 11.3 Å². The molecule has 0 spiro atoms. The standard InChI is InChI=1S/C15H13N3O2/c16-8-3-5-11-4-1-2-6-13(11)18-15(20)12-7-9-17-14(19)10-12/h1-2,4,6-7,9-10H,8,16H2,(H,17,19)(H,18,20). The lowest BCUT2D eigenvalue weighted by molar-refractivity contribution is 0.102. The van der Waals surface area contributed by atoms with Gasteiger partial charge in [0.2, 0.25) is 5.56 Å². The molecule has 1 aromatic carbocycles. The maximum absolute atomic E-state index is 12.1. The van der Waals surface area contributed by atoms with Crippen molar-refractivity contribution in [2.75, 3.05) is 11.9 Å². The van der Waals surface area contributed by atoms with Crippen LogP contribution in [0.4, 0.5) is 5.69 Å². The van der Waals surface area contributed by atoms with Gasteiger partial charge >= 0.3 is 0 Å². The van der Waals surface area contributed by atoms with Gasteiger partial charge < -0.3 is 16.0 Å². The molecule has 0 fully saturated rings. The zero-order valence-electron chi connectivity index (χ0n) is 10.6. The highest BCUT2D eigenvalue weighted by atomic mass is 16.2. The topological polar surface area (TPSA) is 88.0 Å². The Morgan fingerprint density at radius 1 is 1.30 bits per heavy atom. The van der Waals surface area contributed by atoms with E-state index in [-0.39, 0.29) is 23.6 Å². The molecule has 0 bridgehead atoms. The maximum Gasteiger partial charge on any atom is 0.255 e. The highest BCUT2D eigenvalue weighted by molar-refractivity contribution is 6.04. The van der Waals surface area contributed by atoms with Gasteiger partial charge in [-0.3, -0.25) is 9.59 Å². The second-order valence-electron chi connectivity index (χ2n) is 3.95. The summed E-state index contributed by atoms with van der Waals surface area (Å²) in [5, 5.41) is 2.73. The Morgan fingerprint density at radius 3 is 2.85 bits per heavy atom. The van der Waals surface area contributed by atoms with Crippen molar-refractivity contribution in [2.45, 2.75) is 0 Å². The molecule has 0 aliphatic rings. The van der Waals surface area contributed by atoms with Crippen LogP contribution in [-0.2, 0) is 0 Å². The van der Waals surface area contributed by atoms with Crippen LogP contribution in [0.5, 0.6) is 0 Å². The summed E-state index contributed by atoms with van der Waals surface area (Å²) < 4.78 is 0. The van der Waals surface area contributed by atoms with Gasteiger partial charge in [-0.2, -0.15) is 0 Å². The van der Waals surface area contributed by atoms with Crippen LogP contribution in [0.1, 0.15) is 15.9 Å². The van der Waals surface area contributed by atoms with Gasteiger partial charge in [-0.15, -0.1) is 0 Å². The molecule has 4 N–H and O–H groups in total. The zero-order chi connectivity index (χ0) is 14.4. The van der Waals surface area contributed by atoms with Crippen LogP contribution in [0.25, 0.3) is 0 Å². The van der Waals surface area contributed by atoms with Crippen LogP contribution in [-0.4, -0.2) is 17.4 Å². The fraction of sp³-hybridized carbons (Fsp3) is 0.0667. The number of nitrogens with one attached hydrogen (secondary N) is 2. The van der Waals surface area contributed by atoms with Gasteiger partial charge in [-0.1, -0.05) is 24.0 Å². The molecule has 0 aliphatic heterocycles. The number of anilines is 1. The van der Waals surface area contributed by atoms with Gasteiger partial charge in [-0.05, 0) is 18.2 Å². The molecule has 0 radical (unpaired) electrons. The quantitative estimate of drug-likeness (QED) is 0.707. The predicted molar refractivity (Wildman–Crippen MR) is 77.4 cm³/mol. The number of aromatic amines is 1. The summed E-state index contributed by atoms with van der Waals surface area (Å²) in [6, 6.07) is 9.92. The molecule has 0 aliphatic carbocycles. The lowest BCUT2D eigenvalue weighted by Gasteiger charge is -2.07. The Hall–Kier alpha value is -2.84. The molecule has 1 heterocycles. The van der Waals surface area contributed by atoms with E-state index in [1.807, 2.05) is 6.07 Å². The number of rotatable bonds is 2. The monoisotopic (exact) mass is 267 g/mol. The lowest BCUT2D eigenvalue weighted by atomic mass is 10.1. The molecule has 1 amide bonds. The van der Waals surface area contributed by atoms with Crippen molar-refractivity contribution < 1.29 is 4.79 Å². The molecule has 0 saturated heterocycles. The summed E-state index contributed by atoms with van der Waals surface area (Å²) >= 11 is 0. The molecule has 100 valence electrons. The molecule has 0 atom stereocenters. The van der Waals surface area contributed by atoms with Gasteiger partial charge in [-0.25, -0.2) is 0 Å². The van der Waals surface area contributed by atoms with Gasteiger partial charge in [0.15, 0.2) is 0 Å². The summed E-state index contributed by atoms with van der Waals surface area (Å²) in [6.07, 6.45) is 1.43. The second kappa shape index (κ2) is 6.36. The number of pyridine rings is 1. The molecule has 20 heavy (non-hydrogen) atoms. The fourth-order valence-electron chi connectivity index (χ4n) is 1.63. The molecular formula is C15H13N3O2. The molecule has 0 saturated carbocycles. The van der Waals surface area contributed by atoms with Crippen LogP contribution in [0.3, 0.4) is 0 Å². The highest BCUT2D eigenvalue weighted by Crippen LogP contribution is 2.14. The van der Waals surface area contributed by atoms with E-state index in [4.69, 9.17) is 5.73 Å². The first-order valence-electron chi connectivity index (χ1n) is 5.99. The van der Waals surface area contributed by atoms with Gasteiger partial charge in [0.1, 0.15) is 0 Å². The van der Waals surface area contributed by atoms with E-state index in [1.165, 1.54) is 18.3 Å². The Balaban J connectivity index is 2.26. The Bertz CT molecular complexity index is 738. The summed E-state index contributed by atoms with van der Waals surface area (Å²) in [4.78, 5) is 25.7. The lowest BCUT2D eigenvalue weighted by Crippen LogP contribution is -2.16. The summed E-state index contributed by atoms with van der Waals surface area (Å²) in [5.41, 5.74) is 6.56. The first kappa shape index (κ1) is 13.6.